The zero-order valence-electron chi connectivity index (χ0n) is 11.8. The van der Waals surface area contributed by atoms with Crippen molar-refractivity contribution in [1.29, 1.82) is 0 Å². The predicted octanol–water partition coefficient (Wildman–Crippen LogP) is 0.681. The van der Waals surface area contributed by atoms with Crippen LogP contribution in [0.3, 0.4) is 0 Å². The van der Waals surface area contributed by atoms with E-state index in [0.29, 0.717) is 32.2 Å². The number of hydrogen-bond donors (Lipinski definition) is 2. The van der Waals surface area contributed by atoms with Crippen LogP contribution in [-0.2, 0) is 16.0 Å². The summed E-state index contributed by atoms with van der Waals surface area (Å²) in [7, 11) is 1.58. The SMILES string of the molecule is CO[C@@H]1C[C@H](C(=O)NCCc2nnc(C)s2)CC[C@@H]1O. The van der Waals surface area contributed by atoms with Crippen LogP contribution in [0, 0.1) is 12.8 Å². The monoisotopic (exact) mass is 299 g/mol. The van der Waals surface area contributed by atoms with Crippen LogP contribution in [0.25, 0.3) is 0 Å². The Kier molecular flexibility index (Phi) is 5.45. The fourth-order valence-corrected chi connectivity index (χ4v) is 3.19. The van der Waals surface area contributed by atoms with Gasteiger partial charge in [0.05, 0.1) is 12.2 Å². The van der Waals surface area contributed by atoms with Gasteiger partial charge in [-0.1, -0.05) is 0 Å². The lowest BCUT2D eigenvalue weighted by atomic mass is 9.84. The Bertz CT molecular complexity index is 452. The van der Waals surface area contributed by atoms with Crippen molar-refractivity contribution >= 4 is 17.2 Å². The van der Waals surface area contributed by atoms with E-state index in [1.165, 1.54) is 0 Å². The molecule has 1 saturated carbocycles. The van der Waals surface area contributed by atoms with E-state index in [1.807, 2.05) is 6.92 Å². The molecule has 112 valence electrons. The molecule has 0 spiro atoms. The molecule has 1 amide bonds. The lowest BCUT2D eigenvalue weighted by Crippen LogP contribution is -2.41. The maximum atomic E-state index is 12.1. The summed E-state index contributed by atoms with van der Waals surface area (Å²) in [4.78, 5) is 12.1. The van der Waals surface area contributed by atoms with Gasteiger partial charge in [-0.05, 0) is 26.2 Å². The molecule has 2 rings (SSSR count). The van der Waals surface area contributed by atoms with E-state index < -0.39 is 6.10 Å². The van der Waals surface area contributed by atoms with Gasteiger partial charge in [0, 0.05) is 26.0 Å². The number of amides is 1. The highest BCUT2D eigenvalue weighted by molar-refractivity contribution is 7.11. The van der Waals surface area contributed by atoms with Crippen molar-refractivity contribution in [2.45, 2.75) is 44.8 Å². The Morgan fingerprint density at radius 1 is 1.50 bits per heavy atom. The van der Waals surface area contributed by atoms with Crippen LogP contribution in [0.15, 0.2) is 0 Å². The van der Waals surface area contributed by atoms with Gasteiger partial charge in [0.15, 0.2) is 0 Å². The third kappa shape index (κ3) is 3.97. The zero-order chi connectivity index (χ0) is 14.5. The maximum absolute atomic E-state index is 12.1. The number of rotatable bonds is 5. The van der Waals surface area contributed by atoms with E-state index in [0.717, 1.165) is 10.0 Å². The van der Waals surface area contributed by atoms with Crippen molar-refractivity contribution in [3.05, 3.63) is 10.0 Å². The Morgan fingerprint density at radius 3 is 2.95 bits per heavy atom. The predicted molar refractivity (Wildman–Crippen MR) is 75.5 cm³/mol. The number of aromatic nitrogens is 2. The molecular formula is C13H21N3O3S. The van der Waals surface area contributed by atoms with Gasteiger partial charge in [0.1, 0.15) is 10.0 Å². The van der Waals surface area contributed by atoms with Crippen molar-refractivity contribution in [3.8, 4) is 0 Å². The molecule has 1 fully saturated rings. The van der Waals surface area contributed by atoms with Crippen LogP contribution in [0.2, 0.25) is 0 Å². The number of aliphatic hydroxyl groups is 1. The molecule has 0 radical (unpaired) electrons. The summed E-state index contributed by atoms with van der Waals surface area (Å²) in [5.74, 6) is -0.0281. The van der Waals surface area contributed by atoms with Crippen LogP contribution < -0.4 is 5.32 Å². The topological polar surface area (TPSA) is 84.3 Å². The molecule has 3 atom stereocenters. The van der Waals surface area contributed by atoms with Crippen LogP contribution in [-0.4, -0.2) is 47.1 Å². The second-order valence-electron chi connectivity index (χ2n) is 5.11. The first kappa shape index (κ1) is 15.3. The summed E-state index contributed by atoms with van der Waals surface area (Å²) in [6, 6.07) is 0. The van der Waals surface area contributed by atoms with E-state index in [4.69, 9.17) is 4.74 Å². The highest BCUT2D eigenvalue weighted by Gasteiger charge is 2.32. The highest BCUT2D eigenvalue weighted by Crippen LogP contribution is 2.26. The lowest BCUT2D eigenvalue weighted by molar-refractivity contribution is -0.130. The molecule has 0 bridgehead atoms. The van der Waals surface area contributed by atoms with Crippen molar-refractivity contribution < 1.29 is 14.6 Å². The third-order valence-electron chi connectivity index (χ3n) is 3.64. The van der Waals surface area contributed by atoms with E-state index >= 15 is 0 Å². The fraction of sp³-hybridized carbons (Fsp3) is 0.769. The molecule has 1 aliphatic carbocycles. The molecule has 0 saturated heterocycles. The van der Waals surface area contributed by atoms with Crippen molar-refractivity contribution in [2.75, 3.05) is 13.7 Å². The van der Waals surface area contributed by atoms with Gasteiger partial charge >= 0.3 is 0 Å². The summed E-state index contributed by atoms with van der Waals surface area (Å²) in [5.41, 5.74) is 0. The summed E-state index contributed by atoms with van der Waals surface area (Å²) >= 11 is 1.55. The van der Waals surface area contributed by atoms with Crippen LogP contribution in [0.4, 0.5) is 0 Å². The average Bonchev–Trinajstić information content (AvgIpc) is 2.85. The molecule has 2 N–H and O–H groups in total. The Balaban J connectivity index is 1.74. The molecular weight excluding hydrogens is 278 g/mol. The molecule has 20 heavy (non-hydrogen) atoms. The molecule has 6 nitrogen and oxygen atoms in total. The molecule has 0 aromatic carbocycles. The summed E-state index contributed by atoms with van der Waals surface area (Å²) in [6.45, 7) is 2.49. The molecule has 1 aromatic heterocycles. The zero-order valence-corrected chi connectivity index (χ0v) is 12.7. The fourth-order valence-electron chi connectivity index (χ4n) is 2.48. The number of carbonyl (C=O) groups excluding carboxylic acids is 1. The first-order chi connectivity index (χ1) is 9.60. The van der Waals surface area contributed by atoms with Gasteiger partial charge in [-0.3, -0.25) is 4.79 Å². The Morgan fingerprint density at radius 2 is 2.30 bits per heavy atom. The summed E-state index contributed by atoms with van der Waals surface area (Å²) in [5, 5.41) is 22.5. The molecule has 1 aromatic rings. The van der Waals surface area contributed by atoms with Gasteiger partial charge in [-0.15, -0.1) is 21.5 Å². The number of nitrogens with zero attached hydrogens (tertiary/aromatic N) is 2. The minimum atomic E-state index is -0.451. The molecule has 1 aliphatic rings. The standard InChI is InChI=1S/C13H21N3O3S/c1-8-15-16-12(20-8)5-6-14-13(18)9-3-4-10(17)11(7-9)19-2/h9-11,17H,3-7H2,1-2H3,(H,14,18)/t9-,10+,11-/m1/s1. The highest BCUT2D eigenvalue weighted by atomic mass is 32.1. The lowest BCUT2D eigenvalue weighted by Gasteiger charge is -2.31. The minimum absolute atomic E-state index is 0.0418. The second kappa shape index (κ2) is 7.10. The number of methoxy groups -OCH3 is 1. The number of carbonyl (C=O) groups is 1. The number of ether oxygens (including phenoxy) is 1. The van der Waals surface area contributed by atoms with Crippen LogP contribution in [0.1, 0.15) is 29.3 Å². The normalized spacial score (nSPS) is 26.4. The molecule has 7 heteroatoms. The number of nitrogens with one attached hydrogen (secondary N) is 1. The van der Waals surface area contributed by atoms with Gasteiger partial charge in [-0.25, -0.2) is 0 Å². The largest absolute Gasteiger partial charge is 0.390 e. The van der Waals surface area contributed by atoms with E-state index in [-0.39, 0.29) is 17.9 Å². The van der Waals surface area contributed by atoms with Gasteiger partial charge in [-0.2, -0.15) is 0 Å². The van der Waals surface area contributed by atoms with Gasteiger partial charge in [0.25, 0.3) is 0 Å². The minimum Gasteiger partial charge on any atom is -0.390 e. The number of aryl methyl sites for hydroxylation is 1. The average molecular weight is 299 g/mol. The van der Waals surface area contributed by atoms with E-state index in [9.17, 15) is 9.90 Å². The quantitative estimate of drug-likeness (QED) is 0.835. The Labute approximate surface area is 122 Å². The van der Waals surface area contributed by atoms with Crippen molar-refractivity contribution in [2.24, 2.45) is 5.92 Å². The third-order valence-corrected chi connectivity index (χ3v) is 4.53. The molecule has 0 unspecified atom stereocenters. The molecule has 1 heterocycles. The van der Waals surface area contributed by atoms with Gasteiger partial charge < -0.3 is 15.2 Å². The van der Waals surface area contributed by atoms with Crippen molar-refractivity contribution in [1.82, 2.24) is 15.5 Å². The number of hydrogen-bond acceptors (Lipinski definition) is 6. The molecule has 0 aliphatic heterocycles. The van der Waals surface area contributed by atoms with Gasteiger partial charge in [0.2, 0.25) is 5.91 Å². The number of aliphatic hydroxyl groups excluding tert-OH is 1. The summed E-state index contributed by atoms with van der Waals surface area (Å²) in [6.07, 6.45) is 1.94. The summed E-state index contributed by atoms with van der Waals surface area (Å²) < 4.78 is 5.21. The first-order valence-corrected chi connectivity index (χ1v) is 7.69. The van der Waals surface area contributed by atoms with Crippen LogP contribution in [0.5, 0.6) is 0 Å². The Hall–Kier alpha value is -1.05. The smallest absolute Gasteiger partial charge is 0.223 e. The van der Waals surface area contributed by atoms with E-state index in [1.54, 1.807) is 18.4 Å². The maximum Gasteiger partial charge on any atom is 0.223 e. The second-order valence-corrected chi connectivity index (χ2v) is 6.37. The van der Waals surface area contributed by atoms with E-state index in [2.05, 4.69) is 15.5 Å². The van der Waals surface area contributed by atoms with Crippen LogP contribution >= 0.6 is 11.3 Å². The first-order valence-electron chi connectivity index (χ1n) is 6.87. The van der Waals surface area contributed by atoms with Crippen molar-refractivity contribution in [3.63, 3.8) is 0 Å².